The highest BCUT2D eigenvalue weighted by Crippen LogP contribution is 2.18. The first-order chi connectivity index (χ1) is 21.9. The van der Waals surface area contributed by atoms with Gasteiger partial charge in [-0.25, -0.2) is 36.8 Å². The van der Waals surface area contributed by atoms with Crippen molar-refractivity contribution in [1.82, 2.24) is 30.6 Å². The smallest absolute Gasteiger partial charge is 0.280 e. The first-order valence-electron chi connectivity index (χ1n) is 13.7. The summed E-state index contributed by atoms with van der Waals surface area (Å²) >= 11 is 11.5. The molecule has 2 amide bonds. The highest BCUT2D eigenvalue weighted by molar-refractivity contribution is 7.95. The number of nitrogen functional groups attached to an aromatic ring is 4. The number of sulfone groups is 2. The fourth-order valence-electron chi connectivity index (χ4n) is 3.55. The van der Waals surface area contributed by atoms with Crippen molar-refractivity contribution < 1.29 is 26.4 Å². The van der Waals surface area contributed by atoms with Crippen molar-refractivity contribution in [3.05, 3.63) is 21.7 Å². The van der Waals surface area contributed by atoms with E-state index >= 15 is 0 Å². The van der Waals surface area contributed by atoms with Gasteiger partial charge in [0.1, 0.15) is 0 Å². The van der Waals surface area contributed by atoms with Gasteiger partial charge in [-0.3, -0.25) is 30.2 Å². The van der Waals surface area contributed by atoms with Crippen LogP contribution in [0.25, 0.3) is 0 Å². The number of rotatable bonds is 16. The Labute approximate surface area is 280 Å². The van der Waals surface area contributed by atoms with Crippen LogP contribution in [0.4, 0.5) is 23.3 Å². The van der Waals surface area contributed by atoms with Crippen LogP contribution < -0.4 is 45.0 Å². The average Bonchev–Trinajstić information content (AvgIpc) is 2.97. The number of hydrogen-bond acceptors (Lipinski definition) is 16. The minimum atomic E-state index is -3.65. The monoisotopic (exact) mass is 738 g/mol. The molecule has 47 heavy (non-hydrogen) atoms. The van der Waals surface area contributed by atoms with Gasteiger partial charge in [0.15, 0.2) is 76.6 Å². The third-order valence-corrected chi connectivity index (χ3v) is 10.3. The molecule has 0 radical (unpaired) electrons. The van der Waals surface area contributed by atoms with E-state index in [-0.39, 0.29) is 94.3 Å². The van der Waals surface area contributed by atoms with Gasteiger partial charge in [0.05, 0.1) is 23.0 Å². The fourth-order valence-corrected chi connectivity index (χ4v) is 7.53. The summed E-state index contributed by atoms with van der Waals surface area (Å²) < 4.78 is 49.4. The van der Waals surface area contributed by atoms with Crippen molar-refractivity contribution in [3.63, 3.8) is 0 Å². The van der Waals surface area contributed by atoms with Crippen LogP contribution in [0.1, 0.15) is 53.1 Å². The van der Waals surface area contributed by atoms with Crippen LogP contribution >= 0.6 is 23.2 Å². The molecule has 2 rings (SSSR count). The maximum absolute atomic E-state index is 12.4. The Kier molecular flexibility index (Phi) is 14.6. The zero-order valence-electron chi connectivity index (χ0n) is 24.9. The average molecular weight is 740 g/mol. The Morgan fingerprint density at radius 2 is 0.936 bits per heavy atom. The molecule has 0 atom stereocenters. The molecule has 0 aliphatic rings. The van der Waals surface area contributed by atoms with E-state index in [1.54, 1.807) is 0 Å². The van der Waals surface area contributed by atoms with Crippen molar-refractivity contribution in [2.24, 2.45) is 21.5 Å². The summed E-state index contributed by atoms with van der Waals surface area (Å²) in [7, 11) is -7.26. The Balaban J connectivity index is 1.65. The second-order valence-electron chi connectivity index (χ2n) is 9.78. The van der Waals surface area contributed by atoms with Crippen LogP contribution in [-0.4, -0.2) is 96.6 Å². The molecule has 14 N–H and O–H groups in total. The Bertz CT molecular complexity index is 1740. The number of anilines is 4. The number of nitrogens with one attached hydrogen (secondary N) is 2. The lowest BCUT2D eigenvalue weighted by Crippen LogP contribution is -2.38. The maximum Gasteiger partial charge on any atom is 0.280 e. The van der Waals surface area contributed by atoms with Crippen LogP contribution in [0, 0.1) is 0 Å². The molecule has 24 heteroatoms. The molecule has 0 spiro atoms. The molecule has 2 aromatic rings. The number of carbonyl (C=O) groups excluding carboxylic acids is 2. The number of aromatic nitrogens is 4. The van der Waals surface area contributed by atoms with Crippen molar-refractivity contribution in [2.75, 3.05) is 59.0 Å². The SMILES string of the molecule is NC(=NCCCCCS(=O)(=O)CCS(=O)(=O)CCCCN=C(N)NC(=O)c1nc(Cl)c(N)nc1N)NC(=O)c1nc(Cl)c(N)nc1N. The number of aliphatic imine (C=N–C) groups is 2. The minimum absolute atomic E-state index is 0.0897. The number of unbranched alkanes of at least 4 members (excludes halogenated alkanes) is 3. The highest BCUT2D eigenvalue weighted by atomic mass is 35.5. The second-order valence-corrected chi connectivity index (χ2v) is 15.1. The van der Waals surface area contributed by atoms with Crippen molar-refractivity contribution in [1.29, 1.82) is 0 Å². The Morgan fingerprint density at radius 1 is 0.574 bits per heavy atom. The minimum Gasteiger partial charge on any atom is -0.382 e. The third kappa shape index (κ3) is 13.5. The maximum atomic E-state index is 12.4. The van der Waals surface area contributed by atoms with E-state index in [2.05, 4.69) is 40.6 Å². The molecule has 0 saturated heterocycles. The van der Waals surface area contributed by atoms with Gasteiger partial charge in [-0.05, 0) is 25.7 Å². The van der Waals surface area contributed by atoms with Gasteiger partial charge in [0.25, 0.3) is 11.8 Å². The second kappa shape index (κ2) is 17.6. The van der Waals surface area contributed by atoms with Crippen LogP contribution in [0.15, 0.2) is 9.98 Å². The molecule has 2 heterocycles. The lowest BCUT2D eigenvalue weighted by Gasteiger charge is -2.08. The van der Waals surface area contributed by atoms with Crippen LogP contribution in [-0.2, 0) is 19.7 Å². The van der Waals surface area contributed by atoms with Gasteiger partial charge in [-0.2, -0.15) is 0 Å². The molecule has 20 nitrogen and oxygen atoms in total. The first kappa shape index (κ1) is 38.9. The molecule has 0 saturated carbocycles. The van der Waals surface area contributed by atoms with Gasteiger partial charge in [0.2, 0.25) is 0 Å². The number of nitrogens with zero attached hydrogens (tertiary/aromatic N) is 6. The number of guanidine groups is 2. The highest BCUT2D eigenvalue weighted by Gasteiger charge is 2.19. The Morgan fingerprint density at radius 3 is 1.34 bits per heavy atom. The molecule has 0 aromatic carbocycles. The quantitative estimate of drug-likeness (QED) is 0.0550. The fraction of sp³-hybridized carbons (Fsp3) is 0.478. The summed E-state index contributed by atoms with van der Waals surface area (Å²) in [5.74, 6) is -4.34. The topological polar surface area (TPSA) is 359 Å². The molecule has 2 aromatic heterocycles. The standard InChI is InChI=1S/C23H36Cl2N14O6S2/c24-14-18(28)36-16(26)12(34-14)20(40)38-22(30)32-6-2-1-4-8-46(42,43)10-11-47(44,45)9-5-3-7-33-23(31)39-21(41)13-17(27)37-19(29)15(25)35-13/h1-11H2,(H4,26,28,36)(H4,27,29,37)(H3,30,32,38,40)(H3,31,33,39,41). The molecular formula is C23H36Cl2N14O6S2. The zero-order chi connectivity index (χ0) is 35.4. The lowest BCUT2D eigenvalue weighted by atomic mass is 10.2. The van der Waals surface area contributed by atoms with Gasteiger partial charge in [-0.15, -0.1) is 0 Å². The molecule has 0 aliphatic carbocycles. The van der Waals surface area contributed by atoms with Crippen molar-refractivity contribution in [3.8, 4) is 0 Å². The van der Waals surface area contributed by atoms with Crippen LogP contribution in [0.2, 0.25) is 10.3 Å². The molecule has 0 fully saturated rings. The summed E-state index contributed by atoms with van der Waals surface area (Å²) in [5, 5.41) is 4.13. The number of hydrogen-bond donors (Lipinski definition) is 8. The van der Waals surface area contributed by atoms with E-state index < -0.39 is 43.0 Å². The number of halogens is 2. The summed E-state index contributed by atoms with van der Waals surface area (Å²) in [4.78, 5) is 47.3. The summed E-state index contributed by atoms with van der Waals surface area (Å²) in [6, 6.07) is 0. The summed E-state index contributed by atoms with van der Waals surface area (Å²) in [6.07, 6.45) is 1.68. The first-order valence-corrected chi connectivity index (χ1v) is 18.1. The predicted molar refractivity (Wildman–Crippen MR) is 180 cm³/mol. The van der Waals surface area contributed by atoms with E-state index in [9.17, 15) is 26.4 Å². The van der Waals surface area contributed by atoms with E-state index in [0.29, 0.717) is 19.3 Å². The summed E-state index contributed by atoms with van der Waals surface area (Å²) in [6.45, 7) is 0.277. The van der Waals surface area contributed by atoms with Crippen LogP contribution in [0.5, 0.6) is 0 Å². The summed E-state index contributed by atoms with van der Waals surface area (Å²) in [5.41, 5.74) is 32.9. The zero-order valence-corrected chi connectivity index (χ0v) is 28.1. The van der Waals surface area contributed by atoms with Gasteiger partial charge in [0, 0.05) is 13.1 Å². The van der Waals surface area contributed by atoms with Crippen LogP contribution in [0.3, 0.4) is 0 Å². The predicted octanol–water partition coefficient (Wildman–Crippen LogP) is -1.53. The van der Waals surface area contributed by atoms with Crippen molar-refractivity contribution >= 4 is 89.9 Å². The molecular weight excluding hydrogens is 703 g/mol. The Hall–Kier alpha value is -4.28. The molecule has 260 valence electrons. The van der Waals surface area contributed by atoms with Gasteiger partial charge >= 0.3 is 0 Å². The van der Waals surface area contributed by atoms with Gasteiger partial charge < -0.3 is 34.4 Å². The lowest BCUT2D eigenvalue weighted by molar-refractivity contribution is 0.0964. The molecule has 0 unspecified atom stereocenters. The third-order valence-electron chi connectivity index (χ3n) is 5.97. The van der Waals surface area contributed by atoms with E-state index in [1.807, 2.05) is 0 Å². The number of amides is 2. The number of carbonyl (C=O) groups is 2. The number of nitrogens with two attached hydrogens (primary N) is 6. The largest absolute Gasteiger partial charge is 0.382 e. The van der Waals surface area contributed by atoms with E-state index in [1.165, 1.54) is 0 Å². The van der Waals surface area contributed by atoms with E-state index in [4.69, 9.17) is 57.6 Å². The van der Waals surface area contributed by atoms with Gasteiger partial charge in [-0.1, -0.05) is 29.6 Å². The molecule has 0 bridgehead atoms. The molecule has 0 aliphatic heterocycles. The van der Waals surface area contributed by atoms with Crippen molar-refractivity contribution in [2.45, 2.75) is 32.1 Å². The van der Waals surface area contributed by atoms with E-state index in [0.717, 1.165) is 0 Å². The normalized spacial score (nSPS) is 12.6.